The maximum atomic E-state index is 8.61. The van der Waals surface area contributed by atoms with Crippen LogP contribution in [0.25, 0.3) is 0 Å². The zero-order valence-corrected chi connectivity index (χ0v) is 10.2. The Balaban J connectivity index is 2.65. The van der Waals surface area contributed by atoms with Gasteiger partial charge in [-0.05, 0) is 12.0 Å². The number of nitrogens with two attached hydrogens (primary N) is 1. The zero-order chi connectivity index (χ0) is 12.5. The minimum Gasteiger partial charge on any atom is -0.409 e. The average molecular weight is 236 g/mol. The summed E-state index contributed by atoms with van der Waals surface area (Å²) < 4.78 is 5.77. The van der Waals surface area contributed by atoms with Crippen molar-refractivity contribution in [2.75, 3.05) is 6.61 Å². The number of hydrogen-bond donors (Lipinski definition) is 2. The molecule has 94 valence electrons. The number of rotatable bonds is 7. The van der Waals surface area contributed by atoms with Gasteiger partial charge in [0.25, 0.3) is 0 Å². The van der Waals surface area contributed by atoms with E-state index in [0.29, 0.717) is 13.0 Å². The maximum absolute atomic E-state index is 8.61. The van der Waals surface area contributed by atoms with E-state index in [0.717, 1.165) is 18.4 Å². The van der Waals surface area contributed by atoms with Crippen LogP contribution in [0.3, 0.4) is 0 Å². The second kappa shape index (κ2) is 7.68. The van der Waals surface area contributed by atoms with Crippen molar-refractivity contribution >= 4 is 5.84 Å². The van der Waals surface area contributed by atoms with E-state index in [2.05, 4.69) is 12.1 Å². The van der Waals surface area contributed by atoms with Crippen LogP contribution in [-0.2, 0) is 4.74 Å². The standard InChI is InChI=1S/C13H20N2O2/c1-2-3-9-17-12(10-13(14)15-16)11-7-5-4-6-8-11/h4-8,12,16H,2-3,9-10H2,1H3,(H2,14,15). The van der Waals surface area contributed by atoms with Crippen LogP contribution >= 0.6 is 0 Å². The Bertz CT molecular complexity index is 339. The van der Waals surface area contributed by atoms with Gasteiger partial charge in [0.15, 0.2) is 0 Å². The van der Waals surface area contributed by atoms with Gasteiger partial charge in [0, 0.05) is 13.0 Å². The van der Waals surface area contributed by atoms with E-state index < -0.39 is 0 Å². The number of amidine groups is 1. The van der Waals surface area contributed by atoms with Gasteiger partial charge in [-0.2, -0.15) is 0 Å². The predicted octanol–water partition coefficient (Wildman–Crippen LogP) is 2.68. The lowest BCUT2D eigenvalue weighted by Crippen LogP contribution is -2.18. The molecule has 0 heterocycles. The van der Waals surface area contributed by atoms with E-state index in [-0.39, 0.29) is 11.9 Å². The van der Waals surface area contributed by atoms with Gasteiger partial charge >= 0.3 is 0 Å². The SMILES string of the molecule is CCCCOC(CC(N)=NO)c1ccccc1. The van der Waals surface area contributed by atoms with Gasteiger partial charge in [-0.25, -0.2) is 0 Å². The lowest BCUT2D eigenvalue weighted by atomic mass is 10.1. The summed E-state index contributed by atoms with van der Waals surface area (Å²) in [6, 6.07) is 9.84. The molecule has 0 aliphatic carbocycles. The van der Waals surface area contributed by atoms with Gasteiger partial charge in [-0.1, -0.05) is 48.8 Å². The van der Waals surface area contributed by atoms with Crippen molar-refractivity contribution in [2.45, 2.75) is 32.3 Å². The molecule has 0 aliphatic rings. The van der Waals surface area contributed by atoms with Crippen molar-refractivity contribution in [2.24, 2.45) is 10.9 Å². The van der Waals surface area contributed by atoms with Crippen LogP contribution in [0.4, 0.5) is 0 Å². The summed E-state index contributed by atoms with van der Waals surface area (Å²) in [4.78, 5) is 0. The quantitative estimate of drug-likeness (QED) is 0.251. The van der Waals surface area contributed by atoms with Gasteiger partial charge in [-0.3, -0.25) is 0 Å². The van der Waals surface area contributed by atoms with Gasteiger partial charge in [0.2, 0.25) is 0 Å². The van der Waals surface area contributed by atoms with Crippen molar-refractivity contribution in [3.8, 4) is 0 Å². The number of hydrogen-bond acceptors (Lipinski definition) is 3. The number of nitrogens with zero attached hydrogens (tertiary/aromatic N) is 1. The van der Waals surface area contributed by atoms with E-state index in [4.69, 9.17) is 15.7 Å². The number of benzene rings is 1. The van der Waals surface area contributed by atoms with Crippen LogP contribution in [0.5, 0.6) is 0 Å². The molecule has 1 atom stereocenters. The third-order valence-electron chi connectivity index (χ3n) is 2.51. The van der Waals surface area contributed by atoms with E-state index in [1.165, 1.54) is 0 Å². The molecule has 1 rings (SSSR count). The Morgan fingerprint density at radius 1 is 1.41 bits per heavy atom. The second-order valence-corrected chi connectivity index (χ2v) is 3.92. The molecule has 0 amide bonds. The summed E-state index contributed by atoms with van der Waals surface area (Å²) in [7, 11) is 0. The molecule has 1 aromatic rings. The fourth-order valence-electron chi connectivity index (χ4n) is 1.54. The van der Waals surface area contributed by atoms with Crippen LogP contribution in [0.1, 0.15) is 37.9 Å². The second-order valence-electron chi connectivity index (χ2n) is 3.92. The first-order valence-corrected chi connectivity index (χ1v) is 5.90. The van der Waals surface area contributed by atoms with E-state index in [1.54, 1.807) is 0 Å². The largest absolute Gasteiger partial charge is 0.409 e. The fraction of sp³-hybridized carbons (Fsp3) is 0.462. The van der Waals surface area contributed by atoms with Crippen molar-refractivity contribution in [3.63, 3.8) is 0 Å². The summed E-state index contributed by atoms with van der Waals surface area (Å²) in [6.07, 6.45) is 2.37. The number of oxime groups is 1. The first-order chi connectivity index (χ1) is 8.27. The number of unbranched alkanes of at least 4 members (excludes halogenated alkanes) is 1. The summed E-state index contributed by atoms with van der Waals surface area (Å²) >= 11 is 0. The molecule has 1 aromatic carbocycles. The van der Waals surface area contributed by atoms with Crippen LogP contribution in [0.2, 0.25) is 0 Å². The van der Waals surface area contributed by atoms with Gasteiger partial charge in [-0.15, -0.1) is 0 Å². The molecule has 0 saturated heterocycles. The highest BCUT2D eigenvalue weighted by Crippen LogP contribution is 2.21. The summed E-state index contributed by atoms with van der Waals surface area (Å²) in [5, 5.41) is 11.6. The number of ether oxygens (including phenoxy) is 1. The molecule has 0 spiro atoms. The molecule has 0 saturated carbocycles. The minimum atomic E-state index is -0.140. The molecule has 0 fully saturated rings. The van der Waals surface area contributed by atoms with E-state index in [9.17, 15) is 0 Å². The van der Waals surface area contributed by atoms with Crippen LogP contribution < -0.4 is 5.73 Å². The molecule has 0 radical (unpaired) electrons. The molecule has 0 aromatic heterocycles. The molecule has 3 N–H and O–H groups in total. The smallest absolute Gasteiger partial charge is 0.142 e. The van der Waals surface area contributed by atoms with Crippen LogP contribution in [0, 0.1) is 0 Å². The minimum absolute atomic E-state index is 0.140. The summed E-state index contributed by atoms with van der Waals surface area (Å²) in [5.74, 6) is 0.190. The zero-order valence-electron chi connectivity index (χ0n) is 10.2. The molecule has 17 heavy (non-hydrogen) atoms. The van der Waals surface area contributed by atoms with Gasteiger partial charge in [0.05, 0.1) is 6.10 Å². The normalized spacial score (nSPS) is 13.6. The third kappa shape index (κ3) is 4.87. The van der Waals surface area contributed by atoms with E-state index in [1.807, 2.05) is 30.3 Å². The molecule has 4 nitrogen and oxygen atoms in total. The Morgan fingerprint density at radius 2 is 2.12 bits per heavy atom. The van der Waals surface area contributed by atoms with Gasteiger partial charge < -0.3 is 15.7 Å². The van der Waals surface area contributed by atoms with Gasteiger partial charge in [0.1, 0.15) is 5.84 Å². The monoisotopic (exact) mass is 236 g/mol. The first kappa shape index (κ1) is 13.5. The maximum Gasteiger partial charge on any atom is 0.142 e. The molecular formula is C13H20N2O2. The van der Waals surface area contributed by atoms with Crippen LogP contribution in [0.15, 0.2) is 35.5 Å². The summed E-state index contributed by atoms with van der Waals surface area (Å²) in [5.41, 5.74) is 6.59. The Kier molecular flexibility index (Phi) is 6.10. The Labute approximate surface area is 102 Å². The highest BCUT2D eigenvalue weighted by Gasteiger charge is 2.13. The predicted molar refractivity (Wildman–Crippen MR) is 68.1 cm³/mol. The van der Waals surface area contributed by atoms with Crippen molar-refractivity contribution in [1.82, 2.24) is 0 Å². The van der Waals surface area contributed by atoms with Crippen molar-refractivity contribution in [3.05, 3.63) is 35.9 Å². The summed E-state index contributed by atoms with van der Waals surface area (Å²) in [6.45, 7) is 2.80. The Hall–Kier alpha value is -1.55. The van der Waals surface area contributed by atoms with Crippen molar-refractivity contribution < 1.29 is 9.94 Å². The molecule has 4 heteroatoms. The van der Waals surface area contributed by atoms with Crippen LogP contribution in [-0.4, -0.2) is 17.6 Å². The Morgan fingerprint density at radius 3 is 2.71 bits per heavy atom. The third-order valence-corrected chi connectivity index (χ3v) is 2.51. The first-order valence-electron chi connectivity index (χ1n) is 5.90. The highest BCUT2D eigenvalue weighted by atomic mass is 16.5. The van der Waals surface area contributed by atoms with E-state index >= 15 is 0 Å². The molecule has 1 unspecified atom stereocenters. The van der Waals surface area contributed by atoms with Crippen molar-refractivity contribution in [1.29, 1.82) is 0 Å². The fourth-order valence-corrected chi connectivity index (χ4v) is 1.54. The highest BCUT2D eigenvalue weighted by molar-refractivity contribution is 5.80. The lowest BCUT2D eigenvalue weighted by molar-refractivity contribution is 0.0549. The lowest BCUT2D eigenvalue weighted by Gasteiger charge is -2.17. The molecular weight excluding hydrogens is 216 g/mol. The molecule has 0 bridgehead atoms. The average Bonchev–Trinajstić information content (AvgIpc) is 2.38. The topological polar surface area (TPSA) is 67.8 Å². The molecule has 0 aliphatic heterocycles.